The van der Waals surface area contributed by atoms with Gasteiger partial charge < -0.3 is 20.7 Å². The summed E-state index contributed by atoms with van der Waals surface area (Å²) in [6.45, 7) is 5.49. The molecule has 0 radical (unpaired) electrons. The molecule has 1 saturated carbocycles. The van der Waals surface area contributed by atoms with Crippen molar-refractivity contribution in [3.05, 3.63) is 0 Å². The highest BCUT2D eigenvalue weighted by Crippen LogP contribution is 2.38. The summed E-state index contributed by atoms with van der Waals surface area (Å²) in [6.07, 6.45) is 4.73. The summed E-state index contributed by atoms with van der Waals surface area (Å²) in [7, 11) is 0. The molecule has 0 unspecified atom stereocenters. The van der Waals surface area contributed by atoms with Crippen molar-refractivity contribution < 1.29 is 19.1 Å². The van der Waals surface area contributed by atoms with Gasteiger partial charge >= 0.3 is 12.0 Å². The Morgan fingerprint density at radius 2 is 2.04 bits per heavy atom. The molecule has 7 heteroatoms. The molecule has 1 heterocycles. The van der Waals surface area contributed by atoms with E-state index >= 15 is 0 Å². The van der Waals surface area contributed by atoms with E-state index in [1.54, 1.807) is 0 Å². The van der Waals surface area contributed by atoms with Crippen LogP contribution in [-0.2, 0) is 14.3 Å². The van der Waals surface area contributed by atoms with Gasteiger partial charge in [-0.3, -0.25) is 9.59 Å². The van der Waals surface area contributed by atoms with E-state index in [0.717, 1.165) is 19.3 Å². The number of carbonyl (C=O) groups excluding carboxylic acids is 3. The molecular formula is C17H29N3O4. The third-order valence-corrected chi connectivity index (χ3v) is 4.79. The normalized spacial score (nSPS) is 23.2. The molecule has 24 heavy (non-hydrogen) atoms. The zero-order chi connectivity index (χ0) is 17.7. The number of hydrogen-bond acceptors (Lipinski definition) is 4. The van der Waals surface area contributed by atoms with Crippen LogP contribution in [0.1, 0.15) is 65.7 Å². The fourth-order valence-corrected chi connectivity index (χ4v) is 3.37. The smallest absolute Gasteiger partial charge is 0.315 e. The van der Waals surface area contributed by atoms with Crippen molar-refractivity contribution in [2.75, 3.05) is 0 Å². The monoisotopic (exact) mass is 339 g/mol. The molecule has 0 aromatic rings. The van der Waals surface area contributed by atoms with Crippen LogP contribution in [0.25, 0.3) is 0 Å². The topological polar surface area (TPSA) is 96.5 Å². The quantitative estimate of drug-likeness (QED) is 0.641. The van der Waals surface area contributed by atoms with Gasteiger partial charge in [-0.2, -0.15) is 0 Å². The summed E-state index contributed by atoms with van der Waals surface area (Å²) in [4.78, 5) is 35.4. The van der Waals surface area contributed by atoms with Gasteiger partial charge in [0.2, 0.25) is 5.91 Å². The Labute approximate surface area is 143 Å². The van der Waals surface area contributed by atoms with Gasteiger partial charge in [-0.1, -0.05) is 0 Å². The van der Waals surface area contributed by atoms with Crippen LogP contribution in [0.3, 0.4) is 0 Å². The molecule has 2 rings (SSSR count). The molecule has 3 amide bonds. The van der Waals surface area contributed by atoms with Crippen LogP contribution in [-0.4, -0.2) is 41.6 Å². The first-order valence-electron chi connectivity index (χ1n) is 8.88. The predicted molar refractivity (Wildman–Crippen MR) is 89.3 cm³/mol. The van der Waals surface area contributed by atoms with Gasteiger partial charge in [-0.05, 0) is 52.9 Å². The van der Waals surface area contributed by atoms with Gasteiger partial charge in [0.15, 0.2) is 0 Å². The fraction of sp³-hybridized carbons (Fsp3) is 0.824. The van der Waals surface area contributed by atoms with Crippen LogP contribution >= 0.6 is 0 Å². The Hall–Kier alpha value is -1.79. The van der Waals surface area contributed by atoms with Gasteiger partial charge in [0.05, 0.1) is 17.7 Å². The lowest BCUT2D eigenvalue weighted by Crippen LogP contribution is -2.69. The summed E-state index contributed by atoms with van der Waals surface area (Å²) in [5, 5.41) is 8.92. The maximum absolute atomic E-state index is 12.2. The number of piperidine rings is 1. The number of rotatable bonds is 6. The van der Waals surface area contributed by atoms with E-state index in [1.165, 1.54) is 0 Å². The molecule has 7 nitrogen and oxygen atoms in total. The highest BCUT2D eigenvalue weighted by Gasteiger charge is 2.48. The SMILES string of the molecule is CC(C)OC(=O)CC[C@H](C)NC(=O)N[C@@H]1CCC(=O)NC12CCC2. The third-order valence-electron chi connectivity index (χ3n) is 4.79. The maximum Gasteiger partial charge on any atom is 0.315 e. The molecule has 1 saturated heterocycles. The van der Waals surface area contributed by atoms with Crippen molar-refractivity contribution >= 4 is 17.9 Å². The number of hydrogen-bond donors (Lipinski definition) is 3. The summed E-state index contributed by atoms with van der Waals surface area (Å²) < 4.78 is 5.08. The summed E-state index contributed by atoms with van der Waals surface area (Å²) >= 11 is 0. The number of carbonyl (C=O) groups is 3. The van der Waals surface area contributed by atoms with Crippen LogP contribution in [0, 0.1) is 0 Å². The molecule has 0 aromatic carbocycles. The largest absolute Gasteiger partial charge is 0.463 e. The number of amides is 3. The standard InChI is InChI=1S/C17H29N3O4/c1-11(2)24-15(22)8-5-12(3)18-16(23)19-13-6-7-14(21)20-17(13)9-4-10-17/h11-13H,4-10H2,1-3H3,(H,20,21)(H2,18,19,23)/t12-,13+/m0/s1. The van der Waals surface area contributed by atoms with Crippen molar-refractivity contribution in [2.24, 2.45) is 0 Å². The van der Waals surface area contributed by atoms with Gasteiger partial charge in [-0.25, -0.2) is 4.79 Å². The highest BCUT2D eigenvalue weighted by molar-refractivity contribution is 5.80. The molecule has 2 aliphatic rings. The van der Waals surface area contributed by atoms with Crippen LogP contribution in [0.2, 0.25) is 0 Å². The number of urea groups is 1. The summed E-state index contributed by atoms with van der Waals surface area (Å²) in [5.74, 6) is -0.173. The summed E-state index contributed by atoms with van der Waals surface area (Å²) in [6, 6.07) is -0.394. The fourth-order valence-electron chi connectivity index (χ4n) is 3.37. The van der Waals surface area contributed by atoms with Gasteiger partial charge in [-0.15, -0.1) is 0 Å². The minimum atomic E-state index is -0.253. The van der Waals surface area contributed by atoms with Crippen molar-refractivity contribution in [3.8, 4) is 0 Å². The Balaban J connectivity index is 1.74. The molecule has 1 spiro atoms. The molecule has 0 aromatic heterocycles. The predicted octanol–water partition coefficient (Wildman–Crippen LogP) is 1.61. The van der Waals surface area contributed by atoms with Crippen molar-refractivity contribution in [2.45, 2.75) is 89.4 Å². The van der Waals surface area contributed by atoms with E-state index in [-0.39, 0.29) is 48.1 Å². The minimum absolute atomic E-state index is 0.0259. The number of nitrogens with one attached hydrogen (secondary N) is 3. The first-order chi connectivity index (χ1) is 11.3. The van der Waals surface area contributed by atoms with Crippen molar-refractivity contribution in [1.82, 2.24) is 16.0 Å². The second kappa shape index (κ2) is 7.85. The van der Waals surface area contributed by atoms with E-state index in [9.17, 15) is 14.4 Å². The Morgan fingerprint density at radius 1 is 1.33 bits per heavy atom. The number of esters is 1. The third kappa shape index (κ3) is 4.85. The average molecular weight is 339 g/mol. The number of ether oxygens (including phenoxy) is 1. The zero-order valence-corrected chi connectivity index (χ0v) is 14.8. The van der Waals surface area contributed by atoms with Crippen LogP contribution < -0.4 is 16.0 Å². The lowest BCUT2D eigenvalue weighted by atomic mass is 9.68. The molecule has 0 bridgehead atoms. The van der Waals surface area contributed by atoms with E-state index in [4.69, 9.17) is 4.74 Å². The molecule has 3 N–H and O–H groups in total. The molecule has 2 atom stereocenters. The molecular weight excluding hydrogens is 310 g/mol. The minimum Gasteiger partial charge on any atom is -0.463 e. The van der Waals surface area contributed by atoms with E-state index in [1.807, 2.05) is 20.8 Å². The van der Waals surface area contributed by atoms with E-state index in [0.29, 0.717) is 19.3 Å². The second-order valence-electron chi connectivity index (χ2n) is 7.25. The lowest BCUT2D eigenvalue weighted by molar-refractivity contribution is -0.147. The van der Waals surface area contributed by atoms with E-state index < -0.39 is 0 Å². The zero-order valence-electron chi connectivity index (χ0n) is 14.8. The molecule has 2 fully saturated rings. The Morgan fingerprint density at radius 3 is 2.62 bits per heavy atom. The van der Waals surface area contributed by atoms with Gasteiger partial charge in [0.25, 0.3) is 0 Å². The maximum atomic E-state index is 12.2. The van der Waals surface area contributed by atoms with Gasteiger partial charge in [0.1, 0.15) is 0 Å². The van der Waals surface area contributed by atoms with Crippen LogP contribution in [0.4, 0.5) is 4.79 Å². The molecule has 136 valence electrons. The molecule has 1 aliphatic heterocycles. The van der Waals surface area contributed by atoms with Crippen molar-refractivity contribution in [1.29, 1.82) is 0 Å². The van der Waals surface area contributed by atoms with Gasteiger partial charge in [0, 0.05) is 18.9 Å². The first-order valence-corrected chi connectivity index (χ1v) is 8.88. The average Bonchev–Trinajstić information content (AvgIpc) is 2.44. The summed E-state index contributed by atoms with van der Waals surface area (Å²) in [5.41, 5.74) is -0.253. The van der Waals surface area contributed by atoms with Crippen molar-refractivity contribution in [3.63, 3.8) is 0 Å². The highest BCUT2D eigenvalue weighted by atomic mass is 16.5. The first kappa shape index (κ1) is 18.5. The second-order valence-corrected chi connectivity index (χ2v) is 7.25. The van der Waals surface area contributed by atoms with Crippen LogP contribution in [0.15, 0.2) is 0 Å². The van der Waals surface area contributed by atoms with E-state index in [2.05, 4.69) is 16.0 Å². The Kier molecular flexibility index (Phi) is 6.07. The van der Waals surface area contributed by atoms with Crippen LogP contribution in [0.5, 0.6) is 0 Å². The molecule has 1 aliphatic carbocycles. The lowest BCUT2D eigenvalue weighted by Gasteiger charge is -2.50. The Bertz CT molecular complexity index is 488.